The van der Waals surface area contributed by atoms with Crippen molar-refractivity contribution in [3.8, 4) is 23.0 Å². The van der Waals surface area contributed by atoms with E-state index < -0.39 is 5.97 Å². The van der Waals surface area contributed by atoms with Crippen molar-refractivity contribution in [2.24, 2.45) is 0 Å². The van der Waals surface area contributed by atoms with E-state index in [-0.39, 0.29) is 16.2 Å². The van der Waals surface area contributed by atoms with Crippen molar-refractivity contribution in [1.82, 2.24) is 0 Å². The second-order valence-corrected chi connectivity index (χ2v) is 12.9. The van der Waals surface area contributed by atoms with Gasteiger partial charge in [0, 0.05) is 5.41 Å². The molecular formula is C37H38O6. The lowest BCUT2D eigenvalue weighted by Crippen LogP contribution is -2.27. The molecule has 222 valence electrons. The summed E-state index contributed by atoms with van der Waals surface area (Å²) < 4.78 is 16.4. The fourth-order valence-corrected chi connectivity index (χ4v) is 7.20. The van der Waals surface area contributed by atoms with E-state index in [1.807, 2.05) is 36.4 Å². The van der Waals surface area contributed by atoms with E-state index in [0.29, 0.717) is 29.4 Å². The molecule has 6 heteroatoms. The second-order valence-electron chi connectivity index (χ2n) is 12.9. The Morgan fingerprint density at radius 1 is 0.628 bits per heavy atom. The number of benzene rings is 4. The Morgan fingerprint density at radius 2 is 1.12 bits per heavy atom. The van der Waals surface area contributed by atoms with Gasteiger partial charge in [-0.25, -0.2) is 4.79 Å². The van der Waals surface area contributed by atoms with Crippen LogP contribution in [-0.4, -0.2) is 20.2 Å². The summed E-state index contributed by atoms with van der Waals surface area (Å²) in [5.41, 5.74) is 6.13. The number of carbonyl (C=O) groups excluding carboxylic acids is 1. The first-order valence-corrected chi connectivity index (χ1v) is 14.6. The first-order chi connectivity index (χ1) is 20.5. The summed E-state index contributed by atoms with van der Waals surface area (Å²) in [6.07, 6.45) is 1.88. The molecule has 4 aromatic carbocycles. The topological polar surface area (TPSA) is 63.2 Å². The van der Waals surface area contributed by atoms with Gasteiger partial charge in [0.25, 0.3) is 0 Å². The van der Waals surface area contributed by atoms with Crippen LogP contribution in [0.3, 0.4) is 0 Å². The minimum Gasteiger partial charge on any atom is -0.497 e. The predicted octanol–water partition coefficient (Wildman–Crippen LogP) is 8.08. The van der Waals surface area contributed by atoms with Crippen molar-refractivity contribution < 1.29 is 28.8 Å². The molecule has 0 radical (unpaired) electrons. The van der Waals surface area contributed by atoms with Crippen molar-refractivity contribution in [3.05, 3.63) is 118 Å². The molecule has 1 unspecified atom stereocenters. The standard InChI is InChI=1S/C37H38O6/c1-35(2)22-37(32-19-28(15-17-30(32)35)42-34(38)25-9-13-27(40-6)14-10-25)23-36(3,4)31-18-16-29(20-33(31)37)43-41-21-24-7-11-26(39-5)12-8-24/h7-20H,21-23H2,1-6H3. The van der Waals surface area contributed by atoms with Crippen LogP contribution in [0.5, 0.6) is 23.0 Å². The summed E-state index contributed by atoms with van der Waals surface area (Å²) in [6, 6.07) is 27.1. The lowest BCUT2D eigenvalue weighted by atomic mass is 9.72. The summed E-state index contributed by atoms with van der Waals surface area (Å²) in [5, 5.41) is 0. The number of methoxy groups -OCH3 is 2. The Hall–Kier alpha value is -4.29. The maximum absolute atomic E-state index is 13.0. The van der Waals surface area contributed by atoms with E-state index in [4.69, 9.17) is 24.0 Å². The van der Waals surface area contributed by atoms with E-state index in [1.165, 1.54) is 22.3 Å². The minimum absolute atomic E-state index is 0.0503. The first-order valence-electron chi connectivity index (χ1n) is 14.6. The maximum atomic E-state index is 13.0. The summed E-state index contributed by atoms with van der Waals surface area (Å²) >= 11 is 0. The lowest BCUT2D eigenvalue weighted by molar-refractivity contribution is -0.217. The average molecular weight is 579 g/mol. The second kappa shape index (κ2) is 10.8. The van der Waals surface area contributed by atoms with E-state index >= 15 is 0 Å². The molecule has 0 saturated heterocycles. The molecule has 0 N–H and O–H groups in total. The molecule has 0 aromatic heterocycles. The molecule has 2 aliphatic rings. The number of carbonyl (C=O) groups is 1. The highest BCUT2D eigenvalue weighted by Crippen LogP contribution is 2.63. The van der Waals surface area contributed by atoms with Crippen LogP contribution in [0, 0.1) is 0 Å². The molecule has 2 aliphatic carbocycles. The van der Waals surface area contributed by atoms with Crippen molar-refractivity contribution in [1.29, 1.82) is 0 Å². The first kappa shape index (κ1) is 28.8. The van der Waals surface area contributed by atoms with Gasteiger partial charge in [0.05, 0.1) is 19.8 Å². The molecule has 0 bridgehead atoms. The molecule has 6 nitrogen and oxygen atoms in total. The fraction of sp³-hybridized carbons (Fsp3) is 0.324. The third-order valence-electron chi connectivity index (χ3n) is 9.03. The number of rotatable bonds is 8. The number of ether oxygens (including phenoxy) is 3. The SMILES string of the molecule is COc1ccc(COOc2ccc3c(c2)C2(CC3(C)C)CC(C)(C)c3ccc(OC(=O)c4ccc(OC)cc4)cc32)cc1. The van der Waals surface area contributed by atoms with Crippen molar-refractivity contribution in [2.75, 3.05) is 14.2 Å². The van der Waals surface area contributed by atoms with Gasteiger partial charge in [-0.3, -0.25) is 0 Å². The zero-order valence-corrected chi connectivity index (χ0v) is 25.7. The molecule has 0 fully saturated rings. The predicted molar refractivity (Wildman–Crippen MR) is 165 cm³/mol. The Kier molecular flexibility index (Phi) is 7.21. The Bertz CT molecular complexity index is 1650. The van der Waals surface area contributed by atoms with Crippen molar-refractivity contribution in [2.45, 2.75) is 63.4 Å². The summed E-state index contributed by atoms with van der Waals surface area (Å²) in [7, 11) is 3.25. The highest BCUT2D eigenvalue weighted by molar-refractivity contribution is 5.91. The molecule has 43 heavy (non-hydrogen) atoms. The molecule has 0 heterocycles. The van der Waals surface area contributed by atoms with Crippen LogP contribution in [-0.2, 0) is 27.7 Å². The molecule has 0 aliphatic heterocycles. The zero-order valence-electron chi connectivity index (χ0n) is 25.7. The van der Waals surface area contributed by atoms with Crippen LogP contribution in [0.15, 0.2) is 84.9 Å². The minimum atomic E-state index is -0.397. The van der Waals surface area contributed by atoms with Crippen LogP contribution in [0.1, 0.15) is 78.7 Å². The highest BCUT2D eigenvalue weighted by Gasteiger charge is 2.56. The van der Waals surface area contributed by atoms with E-state index in [0.717, 1.165) is 24.2 Å². The molecule has 0 saturated carbocycles. The summed E-state index contributed by atoms with van der Waals surface area (Å²) in [5.74, 6) is 2.30. The molecule has 4 aromatic rings. The number of hydrogen-bond donors (Lipinski definition) is 0. The largest absolute Gasteiger partial charge is 0.497 e. The molecule has 0 amide bonds. The summed E-state index contributed by atoms with van der Waals surface area (Å²) in [6.45, 7) is 9.52. The van der Waals surface area contributed by atoms with E-state index in [2.05, 4.69) is 52.0 Å². The third-order valence-corrected chi connectivity index (χ3v) is 9.03. The fourth-order valence-electron chi connectivity index (χ4n) is 7.20. The van der Waals surface area contributed by atoms with E-state index in [1.54, 1.807) is 38.5 Å². The molecule has 1 spiro atoms. The third kappa shape index (κ3) is 5.25. The van der Waals surface area contributed by atoms with Gasteiger partial charge in [0.15, 0.2) is 5.75 Å². The van der Waals surface area contributed by atoms with Crippen molar-refractivity contribution in [3.63, 3.8) is 0 Å². The average Bonchev–Trinajstić information content (AvgIpc) is 3.36. The maximum Gasteiger partial charge on any atom is 0.343 e. The summed E-state index contributed by atoms with van der Waals surface area (Å²) in [4.78, 5) is 24.5. The van der Waals surface area contributed by atoms with Gasteiger partial charge in [-0.1, -0.05) is 52.0 Å². The monoisotopic (exact) mass is 578 g/mol. The number of hydrogen-bond acceptors (Lipinski definition) is 6. The van der Waals surface area contributed by atoms with Gasteiger partial charge in [0.1, 0.15) is 23.9 Å². The van der Waals surface area contributed by atoms with Crippen LogP contribution in [0.4, 0.5) is 0 Å². The Labute approximate surface area is 253 Å². The molecule has 1 atom stereocenters. The van der Waals surface area contributed by atoms with Gasteiger partial charge in [-0.05, 0) is 112 Å². The van der Waals surface area contributed by atoms with Gasteiger partial charge < -0.3 is 19.1 Å². The van der Waals surface area contributed by atoms with Gasteiger partial charge >= 0.3 is 5.97 Å². The van der Waals surface area contributed by atoms with E-state index in [9.17, 15) is 4.79 Å². The quantitative estimate of drug-likeness (QED) is 0.0912. The van der Waals surface area contributed by atoms with Gasteiger partial charge in [0.2, 0.25) is 0 Å². The zero-order chi connectivity index (χ0) is 30.4. The highest BCUT2D eigenvalue weighted by atomic mass is 17.2. The van der Waals surface area contributed by atoms with Crippen LogP contribution in [0.25, 0.3) is 0 Å². The Balaban J connectivity index is 1.30. The normalized spacial score (nSPS) is 19.0. The van der Waals surface area contributed by atoms with Gasteiger partial charge in [-0.2, -0.15) is 4.89 Å². The number of esters is 1. The van der Waals surface area contributed by atoms with Crippen molar-refractivity contribution >= 4 is 5.97 Å². The smallest absolute Gasteiger partial charge is 0.343 e. The van der Waals surface area contributed by atoms with Gasteiger partial charge in [-0.15, -0.1) is 0 Å². The number of fused-ring (bicyclic) bond motifs is 4. The lowest BCUT2D eigenvalue weighted by Gasteiger charge is -2.30. The van der Waals surface area contributed by atoms with Crippen LogP contribution >= 0.6 is 0 Å². The Morgan fingerprint density at radius 3 is 1.67 bits per heavy atom. The molecule has 6 rings (SSSR count). The van der Waals surface area contributed by atoms with Crippen LogP contribution < -0.4 is 19.1 Å². The molecular weight excluding hydrogens is 540 g/mol. The van der Waals surface area contributed by atoms with Crippen LogP contribution in [0.2, 0.25) is 0 Å².